The quantitative estimate of drug-likeness (QED) is 0.780. The van der Waals surface area contributed by atoms with Crippen molar-refractivity contribution in [3.05, 3.63) is 47.8 Å². The molecule has 0 atom stereocenters. The maximum Gasteiger partial charge on any atom is 0.259 e. The van der Waals surface area contributed by atoms with Gasteiger partial charge in [-0.3, -0.25) is 9.78 Å². The number of aromatic hydroxyl groups is 1. The highest BCUT2D eigenvalue weighted by atomic mass is 32.2. The number of nitrogens with one attached hydrogen (secondary N) is 1. The third kappa shape index (κ3) is 3.36. The van der Waals surface area contributed by atoms with Crippen LogP contribution in [0.5, 0.6) is 5.75 Å². The van der Waals surface area contributed by atoms with Crippen molar-refractivity contribution in [2.75, 3.05) is 5.32 Å². The summed E-state index contributed by atoms with van der Waals surface area (Å²) in [7, 11) is -3.86. The van der Waals surface area contributed by atoms with E-state index in [9.17, 15) is 18.3 Å². The SMILES string of the molecule is Cc1ccc(S(N)(=O)=O)cc1NC(=O)c1ccncc1O. The first-order chi connectivity index (χ1) is 9.79. The van der Waals surface area contributed by atoms with Gasteiger partial charge in [-0.05, 0) is 30.7 Å². The molecule has 0 saturated carbocycles. The van der Waals surface area contributed by atoms with E-state index in [1.165, 1.54) is 30.5 Å². The molecule has 8 heteroatoms. The second-order valence-electron chi connectivity index (χ2n) is 4.37. The van der Waals surface area contributed by atoms with E-state index in [0.717, 1.165) is 6.20 Å². The summed E-state index contributed by atoms with van der Waals surface area (Å²) in [6.07, 6.45) is 2.50. The Morgan fingerprint density at radius 3 is 2.67 bits per heavy atom. The molecule has 2 rings (SSSR count). The van der Waals surface area contributed by atoms with E-state index in [1.54, 1.807) is 6.92 Å². The van der Waals surface area contributed by atoms with Crippen LogP contribution in [0, 0.1) is 6.92 Å². The van der Waals surface area contributed by atoms with Crippen molar-refractivity contribution in [3.63, 3.8) is 0 Å². The molecule has 1 amide bonds. The largest absolute Gasteiger partial charge is 0.505 e. The molecule has 0 aliphatic rings. The number of carbonyl (C=O) groups is 1. The number of benzene rings is 1. The summed E-state index contributed by atoms with van der Waals surface area (Å²) in [4.78, 5) is 15.6. The first kappa shape index (κ1) is 14.9. The van der Waals surface area contributed by atoms with E-state index in [1.807, 2.05) is 0 Å². The molecule has 0 unspecified atom stereocenters. The molecule has 7 nitrogen and oxygen atoms in total. The monoisotopic (exact) mass is 307 g/mol. The zero-order chi connectivity index (χ0) is 15.6. The fraction of sp³-hybridized carbons (Fsp3) is 0.0769. The Morgan fingerprint density at radius 1 is 1.33 bits per heavy atom. The van der Waals surface area contributed by atoms with Crippen LogP contribution in [0.4, 0.5) is 5.69 Å². The molecular weight excluding hydrogens is 294 g/mol. The van der Waals surface area contributed by atoms with Crippen molar-refractivity contribution in [2.45, 2.75) is 11.8 Å². The van der Waals surface area contributed by atoms with Crippen LogP contribution in [0.3, 0.4) is 0 Å². The van der Waals surface area contributed by atoms with Gasteiger partial charge in [0.05, 0.1) is 16.7 Å². The Kier molecular flexibility index (Phi) is 3.92. The average molecular weight is 307 g/mol. The zero-order valence-electron chi connectivity index (χ0n) is 11.1. The number of hydrogen-bond donors (Lipinski definition) is 3. The van der Waals surface area contributed by atoms with Crippen molar-refractivity contribution in [1.29, 1.82) is 0 Å². The maximum atomic E-state index is 12.1. The number of sulfonamides is 1. The summed E-state index contributed by atoms with van der Waals surface area (Å²) in [6, 6.07) is 5.50. The van der Waals surface area contributed by atoms with E-state index in [2.05, 4.69) is 10.3 Å². The van der Waals surface area contributed by atoms with E-state index < -0.39 is 15.9 Å². The van der Waals surface area contributed by atoms with E-state index >= 15 is 0 Å². The highest BCUT2D eigenvalue weighted by Gasteiger charge is 2.14. The number of nitrogens with zero attached hydrogens (tertiary/aromatic N) is 1. The smallest absolute Gasteiger partial charge is 0.259 e. The Hall–Kier alpha value is -2.45. The fourth-order valence-electron chi connectivity index (χ4n) is 1.68. The van der Waals surface area contributed by atoms with Crippen LogP contribution in [0.2, 0.25) is 0 Å². The van der Waals surface area contributed by atoms with Gasteiger partial charge in [0.15, 0.2) is 0 Å². The van der Waals surface area contributed by atoms with Gasteiger partial charge in [-0.2, -0.15) is 0 Å². The Morgan fingerprint density at radius 2 is 2.05 bits per heavy atom. The highest BCUT2D eigenvalue weighted by molar-refractivity contribution is 7.89. The third-order valence-corrected chi connectivity index (χ3v) is 3.74. The molecule has 1 aromatic carbocycles. The Labute approximate surface area is 121 Å². The van der Waals surface area contributed by atoms with Crippen molar-refractivity contribution < 1.29 is 18.3 Å². The van der Waals surface area contributed by atoms with E-state index in [4.69, 9.17) is 5.14 Å². The molecule has 21 heavy (non-hydrogen) atoms. The average Bonchev–Trinajstić information content (AvgIpc) is 2.40. The lowest BCUT2D eigenvalue weighted by Crippen LogP contribution is -2.16. The van der Waals surface area contributed by atoms with Gasteiger partial charge in [0, 0.05) is 11.9 Å². The molecule has 110 valence electrons. The van der Waals surface area contributed by atoms with Crippen molar-refractivity contribution in [2.24, 2.45) is 5.14 Å². The number of aromatic nitrogens is 1. The minimum atomic E-state index is -3.86. The predicted molar refractivity (Wildman–Crippen MR) is 76.4 cm³/mol. The van der Waals surface area contributed by atoms with Crippen molar-refractivity contribution >= 4 is 21.6 Å². The predicted octanol–water partition coefficient (Wildman–Crippen LogP) is 0.995. The van der Waals surface area contributed by atoms with Gasteiger partial charge < -0.3 is 10.4 Å². The topological polar surface area (TPSA) is 122 Å². The van der Waals surface area contributed by atoms with Crippen LogP contribution in [0.1, 0.15) is 15.9 Å². The van der Waals surface area contributed by atoms with Crippen LogP contribution in [0.15, 0.2) is 41.6 Å². The number of pyridine rings is 1. The third-order valence-electron chi connectivity index (χ3n) is 2.83. The van der Waals surface area contributed by atoms with Gasteiger partial charge in [0.2, 0.25) is 10.0 Å². The number of anilines is 1. The number of rotatable bonds is 3. The standard InChI is InChI=1S/C13H13N3O4S/c1-8-2-3-9(21(14,19)20)6-11(8)16-13(18)10-4-5-15-7-12(10)17/h2-7,17H,1H3,(H,16,18)(H2,14,19,20). The molecule has 4 N–H and O–H groups in total. The Bertz CT molecular complexity index is 803. The molecule has 1 heterocycles. The normalized spacial score (nSPS) is 11.1. The molecule has 0 bridgehead atoms. The molecule has 0 fully saturated rings. The summed E-state index contributed by atoms with van der Waals surface area (Å²) in [5, 5.41) is 17.2. The van der Waals surface area contributed by atoms with E-state index in [-0.39, 0.29) is 16.2 Å². The molecule has 2 aromatic rings. The molecule has 0 aliphatic heterocycles. The summed E-state index contributed by atoms with van der Waals surface area (Å²) in [5.41, 5.74) is 0.984. The number of carbonyl (C=O) groups excluding carboxylic acids is 1. The first-order valence-electron chi connectivity index (χ1n) is 5.87. The van der Waals surface area contributed by atoms with Gasteiger partial charge in [0.1, 0.15) is 5.75 Å². The van der Waals surface area contributed by atoms with Gasteiger partial charge >= 0.3 is 0 Å². The Balaban J connectivity index is 2.36. The summed E-state index contributed by atoms with van der Waals surface area (Å²) < 4.78 is 22.6. The number of amides is 1. The van der Waals surface area contributed by atoms with Crippen LogP contribution in [-0.2, 0) is 10.0 Å². The van der Waals surface area contributed by atoms with E-state index in [0.29, 0.717) is 11.3 Å². The second-order valence-corrected chi connectivity index (χ2v) is 5.93. The number of hydrogen-bond acceptors (Lipinski definition) is 5. The van der Waals surface area contributed by atoms with Gasteiger partial charge in [0.25, 0.3) is 5.91 Å². The fourth-order valence-corrected chi connectivity index (χ4v) is 2.22. The molecular formula is C13H13N3O4S. The number of nitrogens with two attached hydrogens (primary N) is 1. The summed E-state index contributed by atoms with van der Waals surface area (Å²) in [5.74, 6) is -0.847. The lowest BCUT2D eigenvalue weighted by atomic mass is 10.2. The molecule has 0 radical (unpaired) electrons. The van der Waals surface area contributed by atoms with Crippen LogP contribution < -0.4 is 10.5 Å². The van der Waals surface area contributed by atoms with Gasteiger partial charge in [-0.25, -0.2) is 13.6 Å². The lowest BCUT2D eigenvalue weighted by Gasteiger charge is -2.10. The minimum Gasteiger partial charge on any atom is -0.505 e. The van der Waals surface area contributed by atoms with Gasteiger partial charge in [-0.15, -0.1) is 0 Å². The van der Waals surface area contributed by atoms with Crippen molar-refractivity contribution in [3.8, 4) is 5.75 Å². The van der Waals surface area contributed by atoms with Crippen molar-refractivity contribution in [1.82, 2.24) is 4.98 Å². The molecule has 1 aromatic heterocycles. The molecule has 0 saturated heterocycles. The maximum absolute atomic E-state index is 12.1. The number of aryl methyl sites for hydroxylation is 1. The summed E-state index contributed by atoms with van der Waals surface area (Å²) in [6.45, 7) is 1.70. The second kappa shape index (κ2) is 5.51. The minimum absolute atomic E-state index is 0.0328. The summed E-state index contributed by atoms with van der Waals surface area (Å²) >= 11 is 0. The first-order valence-corrected chi connectivity index (χ1v) is 7.41. The zero-order valence-corrected chi connectivity index (χ0v) is 11.9. The number of primary sulfonamides is 1. The van der Waals surface area contributed by atoms with Gasteiger partial charge in [-0.1, -0.05) is 6.07 Å². The highest BCUT2D eigenvalue weighted by Crippen LogP contribution is 2.22. The molecule has 0 spiro atoms. The lowest BCUT2D eigenvalue weighted by molar-refractivity contribution is 0.102. The van der Waals surface area contributed by atoms with Crippen LogP contribution in [-0.4, -0.2) is 24.4 Å². The molecule has 0 aliphatic carbocycles. The van der Waals surface area contributed by atoms with Crippen LogP contribution >= 0.6 is 0 Å². The van der Waals surface area contributed by atoms with Crippen LogP contribution in [0.25, 0.3) is 0 Å².